The minimum Gasteiger partial charge on any atom is -0.463 e. The maximum absolute atomic E-state index is 11.3. The van der Waals surface area contributed by atoms with Crippen LogP contribution in [-0.4, -0.2) is 13.1 Å². The van der Waals surface area contributed by atoms with E-state index in [1.807, 2.05) is 19.1 Å². The first-order valence-corrected chi connectivity index (χ1v) is 7.46. The van der Waals surface area contributed by atoms with Crippen molar-refractivity contribution in [1.29, 1.82) is 0 Å². The third-order valence-corrected chi connectivity index (χ3v) is 3.92. The standard InChI is InChI=1S/C14H13Br2NO3/c1-8-5-10(15)13(11(16)6-8)17-7-9-3-4-12(20-9)14(18)19-2/h3-6,17H,7H2,1-2H3. The van der Waals surface area contributed by atoms with E-state index in [-0.39, 0.29) is 5.76 Å². The smallest absolute Gasteiger partial charge is 0.373 e. The fraction of sp³-hybridized carbons (Fsp3) is 0.214. The molecule has 2 aromatic rings. The topological polar surface area (TPSA) is 51.5 Å². The van der Waals surface area contributed by atoms with Crippen molar-refractivity contribution >= 4 is 43.5 Å². The molecule has 0 aliphatic heterocycles. The number of benzene rings is 1. The molecule has 1 heterocycles. The van der Waals surface area contributed by atoms with Crippen LogP contribution in [0.25, 0.3) is 0 Å². The molecule has 1 aromatic carbocycles. The first-order chi connectivity index (χ1) is 9.51. The summed E-state index contributed by atoms with van der Waals surface area (Å²) in [4.78, 5) is 11.3. The quantitative estimate of drug-likeness (QED) is 0.764. The maximum atomic E-state index is 11.3. The van der Waals surface area contributed by atoms with Gasteiger partial charge in [-0.05, 0) is 68.6 Å². The number of halogens is 2. The SMILES string of the molecule is COC(=O)c1ccc(CNc2c(Br)cc(C)cc2Br)o1. The van der Waals surface area contributed by atoms with Gasteiger partial charge in [-0.25, -0.2) is 4.79 Å². The zero-order valence-corrected chi connectivity index (χ0v) is 14.2. The van der Waals surface area contributed by atoms with Crippen molar-refractivity contribution in [2.75, 3.05) is 12.4 Å². The molecule has 1 aromatic heterocycles. The van der Waals surface area contributed by atoms with Crippen LogP contribution >= 0.6 is 31.9 Å². The second-order valence-corrected chi connectivity index (χ2v) is 5.92. The average molecular weight is 403 g/mol. The Bertz CT molecular complexity index is 614. The van der Waals surface area contributed by atoms with E-state index < -0.39 is 5.97 Å². The third-order valence-electron chi connectivity index (χ3n) is 2.67. The van der Waals surface area contributed by atoms with E-state index in [0.717, 1.165) is 20.2 Å². The predicted octanol–water partition coefficient (Wildman–Crippen LogP) is 4.51. The highest BCUT2D eigenvalue weighted by atomic mass is 79.9. The Hall–Kier alpha value is -1.27. The van der Waals surface area contributed by atoms with Gasteiger partial charge in [0.2, 0.25) is 5.76 Å². The maximum Gasteiger partial charge on any atom is 0.373 e. The van der Waals surface area contributed by atoms with Crippen molar-refractivity contribution in [2.24, 2.45) is 0 Å². The van der Waals surface area contributed by atoms with Crippen LogP contribution in [0.4, 0.5) is 5.69 Å². The van der Waals surface area contributed by atoms with Crippen molar-refractivity contribution in [3.63, 3.8) is 0 Å². The number of esters is 1. The molecule has 4 nitrogen and oxygen atoms in total. The average Bonchev–Trinajstić information content (AvgIpc) is 2.85. The Morgan fingerprint density at radius 1 is 1.30 bits per heavy atom. The molecular weight excluding hydrogens is 390 g/mol. The molecule has 0 atom stereocenters. The van der Waals surface area contributed by atoms with E-state index in [2.05, 4.69) is 41.9 Å². The van der Waals surface area contributed by atoms with Gasteiger partial charge in [0.15, 0.2) is 0 Å². The van der Waals surface area contributed by atoms with Crippen LogP contribution in [-0.2, 0) is 11.3 Å². The summed E-state index contributed by atoms with van der Waals surface area (Å²) in [6, 6.07) is 7.39. The Labute approximate surface area is 133 Å². The fourth-order valence-corrected chi connectivity index (χ4v) is 3.42. The van der Waals surface area contributed by atoms with Crippen LogP contribution in [0.2, 0.25) is 0 Å². The van der Waals surface area contributed by atoms with Crippen molar-refractivity contribution in [3.05, 3.63) is 50.3 Å². The minimum atomic E-state index is -0.478. The number of rotatable bonds is 4. The molecule has 0 unspecified atom stereocenters. The van der Waals surface area contributed by atoms with Gasteiger partial charge in [-0.15, -0.1) is 0 Å². The van der Waals surface area contributed by atoms with Gasteiger partial charge in [-0.2, -0.15) is 0 Å². The molecule has 0 aliphatic rings. The predicted molar refractivity (Wildman–Crippen MR) is 84.0 cm³/mol. The number of carbonyl (C=O) groups excluding carboxylic acids is 1. The van der Waals surface area contributed by atoms with Crippen molar-refractivity contribution in [3.8, 4) is 0 Å². The molecule has 0 saturated carbocycles. The van der Waals surface area contributed by atoms with Gasteiger partial charge in [0.25, 0.3) is 0 Å². The number of ether oxygens (including phenoxy) is 1. The third kappa shape index (κ3) is 3.43. The summed E-state index contributed by atoms with van der Waals surface area (Å²) in [6.07, 6.45) is 0. The van der Waals surface area contributed by atoms with Crippen molar-refractivity contribution < 1.29 is 13.9 Å². The summed E-state index contributed by atoms with van der Waals surface area (Å²) in [6.45, 7) is 2.49. The van der Waals surface area contributed by atoms with Crippen LogP contribution in [0, 0.1) is 6.92 Å². The monoisotopic (exact) mass is 401 g/mol. The lowest BCUT2D eigenvalue weighted by atomic mass is 10.2. The lowest BCUT2D eigenvalue weighted by Gasteiger charge is -2.10. The zero-order valence-electron chi connectivity index (χ0n) is 11.0. The largest absolute Gasteiger partial charge is 0.463 e. The Morgan fingerprint density at radius 3 is 2.55 bits per heavy atom. The highest BCUT2D eigenvalue weighted by molar-refractivity contribution is 9.11. The summed E-state index contributed by atoms with van der Waals surface area (Å²) < 4.78 is 11.9. The summed E-state index contributed by atoms with van der Waals surface area (Å²) in [5.74, 6) is 0.380. The van der Waals surface area contributed by atoms with Crippen LogP contribution in [0.15, 0.2) is 37.6 Å². The van der Waals surface area contributed by atoms with Gasteiger partial charge in [-0.3, -0.25) is 0 Å². The lowest BCUT2D eigenvalue weighted by molar-refractivity contribution is 0.0563. The summed E-state index contributed by atoms with van der Waals surface area (Å²) >= 11 is 7.03. The number of aryl methyl sites for hydroxylation is 1. The first kappa shape index (κ1) is 15.1. The number of methoxy groups -OCH3 is 1. The molecule has 2 rings (SSSR count). The van der Waals surface area contributed by atoms with E-state index >= 15 is 0 Å². The summed E-state index contributed by atoms with van der Waals surface area (Å²) in [7, 11) is 1.32. The Balaban J connectivity index is 2.09. The molecule has 6 heteroatoms. The number of hydrogen-bond acceptors (Lipinski definition) is 4. The number of furan rings is 1. The van der Waals surface area contributed by atoms with Gasteiger partial charge in [-0.1, -0.05) is 0 Å². The molecule has 0 saturated heterocycles. The number of carbonyl (C=O) groups is 1. The highest BCUT2D eigenvalue weighted by Crippen LogP contribution is 2.32. The number of anilines is 1. The van der Waals surface area contributed by atoms with E-state index in [4.69, 9.17) is 4.42 Å². The fourth-order valence-electron chi connectivity index (χ4n) is 1.73. The molecule has 20 heavy (non-hydrogen) atoms. The molecule has 106 valence electrons. The molecule has 1 N–H and O–H groups in total. The van der Waals surface area contributed by atoms with Crippen LogP contribution in [0.3, 0.4) is 0 Å². The van der Waals surface area contributed by atoms with Crippen LogP contribution in [0.5, 0.6) is 0 Å². The van der Waals surface area contributed by atoms with Crippen molar-refractivity contribution in [2.45, 2.75) is 13.5 Å². The van der Waals surface area contributed by atoms with Crippen molar-refractivity contribution in [1.82, 2.24) is 0 Å². The highest BCUT2D eigenvalue weighted by Gasteiger charge is 2.12. The molecule has 0 amide bonds. The number of nitrogens with one attached hydrogen (secondary N) is 1. The van der Waals surface area contributed by atoms with Crippen LogP contribution in [0.1, 0.15) is 21.9 Å². The van der Waals surface area contributed by atoms with E-state index in [9.17, 15) is 4.79 Å². The Kier molecular flexibility index (Phi) is 4.88. The lowest BCUT2D eigenvalue weighted by Crippen LogP contribution is -2.01. The van der Waals surface area contributed by atoms with Gasteiger partial charge in [0.1, 0.15) is 5.76 Å². The number of hydrogen-bond donors (Lipinski definition) is 1. The van der Waals surface area contributed by atoms with E-state index in [0.29, 0.717) is 12.3 Å². The first-order valence-electron chi connectivity index (χ1n) is 5.88. The van der Waals surface area contributed by atoms with Crippen LogP contribution < -0.4 is 5.32 Å². The van der Waals surface area contributed by atoms with Gasteiger partial charge < -0.3 is 14.5 Å². The second-order valence-electron chi connectivity index (χ2n) is 4.21. The second kappa shape index (κ2) is 6.45. The molecule has 0 aliphatic carbocycles. The molecule has 0 fully saturated rings. The van der Waals surface area contributed by atoms with E-state index in [1.165, 1.54) is 7.11 Å². The molecule has 0 bridgehead atoms. The molecule has 0 spiro atoms. The van der Waals surface area contributed by atoms with Gasteiger partial charge in [0.05, 0.1) is 19.3 Å². The van der Waals surface area contributed by atoms with Gasteiger partial charge in [0, 0.05) is 8.95 Å². The Morgan fingerprint density at radius 2 is 1.95 bits per heavy atom. The van der Waals surface area contributed by atoms with E-state index in [1.54, 1.807) is 12.1 Å². The summed E-state index contributed by atoms with van der Waals surface area (Å²) in [5, 5.41) is 3.26. The molecular formula is C14H13Br2NO3. The summed E-state index contributed by atoms with van der Waals surface area (Å²) in [5.41, 5.74) is 2.09. The molecule has 0 radical (unpaired) electrons. The normalized spacial score (nSPS) is 10.4. The zero-order chi connectivity index (χ0) is 14.7. The van der Waals surface area contributed by atoms with Gasteiger partial charge >= 0.3 is 5.97 Å². The minimum absolute atomic E-state index is 0.200.